The number of carbonyl (C=O) groups is 2. The maximum Gasteiger partial charge on any atom is 0.417 e. The number of rotatable bonds is 3. The van der Waals surface area contributed by atoms with Gasteiger partial charge in [-0.1, -0.05) is 13.8 Å². The highest BCUT2D eigenvalue weighted by Crippen LogP contribution is 2.16. The average molecular weight is 331 g/mol. The minimum absolute atomic E-state index is 0.114. The van der Waals surface area contributed by atoms with E-state index in [1.807, 2.05) is 18.7 Å². The Morgan fingerprint density at radius 2 is 1.83 bits per heavy atom. The summed E-state index contributed by atoms with van der Waals surface area (Å²) < 4.78 is 5.00. The minimum Gasteiger partial charge on any atom is -0.408 e. The zero-order valence-corrected chi connectivity index (χ0v) is 13.9. The molecular formula is C17H21N3O4. The highest BCUT2D eigenvalue weighted by atomic mass is 16.4. The first-order chi connectivity index (χ1) is 11.4. The number of hydrogen-bond donors (Lipinski definition) is 1. The Kier molecular flexibility index (Phi) is 4.42. The largest absolute Gasteiger partial charge is 0.417 e. The van der Waals surface area contributed by atoms with Crippen LogP contribution in [0.15, 0.2) is 27.4 Å². The van der Waals surface area contributed by atoms with Crippen molar-refractivity contribution < 1.29 is 14.0 Å². The quantitative estimate of drug-likeness (QED) is 0.922. The Morgan fingerprint density at radius 3 is 2.50 bits per heavy atom. The maximum absolute atomic E-state index is 12.6. The molecule has 0 aliphatic carbocycles. The standard InChI is InChI=1S/C17H21N3O4/c1-11(2)9-15(21)19-5-7-20(8-6-19)16(22)12-3-4-13-14(10-12)24-17(23)18-13/h3-4,10-11H,5-9H2,1-2H3,(H,18,23). The molecule has 0 unspecified atom stereocenters. The van der Waals surface area contributed by atoms with Crippen molar-refractivity contribution in [2.45, 2.75) is 20.3 Å². The van der Waals surface area contributed by atoms with Gasteiger partial charge >= 0.3 is 5.76 Å². The lowest BCUT2D eigenvalue weighted by atomic mass is 10.1. The molecule has 1 saturated heterocycles. The van der Waals surface area contributed by atoms with Crippen molar-refractivity contribution in [3.63, 3.8) is 0 Å². The van der Waals surface area contributed by atoms with Crippen molar-refractivity contribution in [1.82, 2.24) is 14.8 Å². The van der Waals surface area contributed by atoms with Crippen LogP contribution in [-0.2, 0) is 4.79 Å². The molecule has 7 heteroatoms. The van der Waals surface area contributed by atoms with Crippen molar-refractivity contribution in [2.24, 2.45) is 5.92 Å². The Labute approximate surface area is 139 Å². The van der Waals surface area contributed by atoms with Crippen LogP contribution in [0.2, 0.25) is 0 Å². The van der Waals surface area contributed by atoms with Crippen molar-refractivity contribution in [2.75, 3.05) is 26.2 Å². The van der Waals surface area contributed by atoms with Crippen molar-refractivity contribution in [3.8, 4) is 0 Å². The molecule has 0 saturated carbocycles. The third-order valence-corrected chi connectivity index (χ3v) is 4.17. The van der Waals surface area contributed by atoms with Crippen LogP contribution in [0.1, 0.15) is 30.6 Å². The lowest BCUT2D eigenvalue weighted by Gasteiger charge is -2.35. The van der Waals surface area contributed by atoms with Gasteiger partial charge < -0.3 is 14.2 Å². The molecule has 2 heterocycles. The summed E-state index contributed by atoms with van der Waals surface area (Å²) >= 11 is 0. The summed E-state index contributed by atoms with van der Waals surface area (Å²) in [6.07, 6.45) is 0.539. The smallest absolute Gasteiger partial charge is 0.408 e. The predicted octanol–water partition coefficient (Wildman–Crippen LogP) is 1.45. The number of H-pyrrole nitrogens is 1. The van der Waals surface area contributed by atoms with Crippen LogP contribution in [0.4, 0.5) is 0 Å². The molecule has 2 aromatic rings. The monoisotopic (exact) mass is 331 g/mol. The summed E-state index contributed by atoms with van der Waals surface area (Å²) in [5.74, 6) is -0.170. The number of oxazole rings is 1. The molecule has 24 heavy (non-hydrogen) atoms. The van der Waals surface area contributed by atoms with Crippen molar-refractivity contribution in [1.29, 1.82) is 0 Å². The van der Waals surface area contributed by atoms with E-state index in [1.165, 1.54) is 0 Å². The highest BCUT2D eigenvalue weighted by Gasteiger charge is 2.25. The van der Waals surface area contributed by atoms with E-state index in [2.05, 4.69) is 4.98 Å². The second-order valence-electron chi connectivity index (χ2n) is 6.50. The number of aromatic amines is 1. The number of amides is 2. The zero-order valence-electron chi connectivity index (χ0n) is 13.9. The first-order valence-electron chi connectivity index (χ1n) is 8.14. The molecule has 1 aliphatic rings. The fourth-order valence-electron chi connectivity index (χ4n) is 2.90. The number of piperazine rings is 1. The number of fused-ring (bicyclic) bond motifs is 1. The Morgan fingerprint density at radius 1 is 1.17 bits per heavy atom. The summed E-state index contributed by atoms with van der Waals surface area (Å²) in [7, 11) is 0. The van der Waals surface area contributed by atoms with Crippen molar-refractivity contribution in [3.05, 3.63) is 34.3 Å². The van der Waals surface area contributed by atoms with E-state index in [9.17, 15) is 14.4 Å². The molecule has 0 radical (unpaired) electrons. The lowest BCUT2D eigenvalue weighted by Crippen LogP contribution is -2.50. The van der Waals surface area contributed by atoms with E-state index in [0.29, 0.717) is 55.2 Å². The van der Waals surface area contributed by atoms with Gasteiger partial charge in [0.2, 0.25) is 5.91 Å². The fourth-order valence-corrected chi connectivity index (χ4v) is 2.90. The molecule has 0 spiro atoms. The molecule has 1 aromatic carbocycles. The molecule has 3 rings (SSSR count). The van der Waals surface area contributed by atoms with Gasteiger partial charge in [-0.2, -0.15) is 0 Å². The summed E-state index contributed by atoms with van der Waals surface area (Å²) in [5, 5.41) is 0. The summed E-state index contributed by atoms with van der Waals surface area (Å²) in [6, 6.07) is 4.91. The zero-order chi connectivity index (χ0) is 17.3. The minimum atomic E-state index is -0.535. The number of nitrogens with one attached hydrogen (secondary N) is 1. The summed E-state index contributed by atoms with van der Waals surface area (Å²) in [5.41, 5.74) is 1.42. The van der Waals surface area contributed by atoms with Gasteiger partial charge in [-0.05, 0) is 24.1 Å². The fraction of sp³-hybridized carbons (Fsp3) is 0.471. The molecule has 1 aliphatic heterocycles. The van der Waals surface area contributed by atoms with Crippen molar-refractivity contribution >= 4 is 22.9 Å². The molecule has 0 bridgehead atoms. The Balaban J connectivity index is 1.65. The van der Waals surface area contributed by atoms with Crippen LogP contribution < -0.4 is 5.76 Å². The van der Waals surface area contributed by atoms with Gasteiger partial charge in [-0.25, -0.2) is 4.79 Å². The van der Waals surface area contributed by atoms with Gasteiger partial charge in [-0.15, -0.1) is 0 Å². The number of benzene rings is 1. The van der Waals surface area contributed by atoms with Gasteiger partial charge in [0.15, 0.2) is 5.58 Å². The number of nitrogens with zero attached hydrogens (tertiary/aromatic N) is 2. The Hall–Kier alpha value is -2.57. The highest BCUT2D eigenvalue weighted by molar-refractivity contribution is 5.97. The molecule has 7 nitrogen and oxygen atoms in total. The van der Waals surface area contributed by atoms with Crippen LogP contribution in [0.3, 0.4) is 0 Å². The first-order valence-corrected chi connectivity index (χ1v) is 8.14. The van der Waals surface area contributed by atoms with E-state index in [0.717, 1.165) is 0 Å². The average Bonchev–Trinajstić information content (AvgIpc) is 2.92. The lowest BCUT2D eigenvalue weighted by molar-refractivity contribution is -0.133. The molecule has 2 amide bonds. The van der Waals surface area contributed by atoms with E-state index in [-0.39, 0.29) is 11.8 Å². The van der Waals surface area contributed by atoms with E-state index in [4.69, 9.17) is 4.42 Å². The van der Waals surface area contributed by atoms with Crippen LogP contribution in [0.5, 0.6) is 0 Å². The number of carbonyl (C=O) groups excluding carboxylic acids is 2. The molecule has 0 atom stereocenters. The van der Waals surface area contributed by atoms with Crippen LogP contribution in [-0.4, -0.2) is 52.8 Å². The van der Waals surface area contributed by atoms with Crippen LogP contribution in [0, 0.1) is 5.92 Å². The van der Waals surface area contributed by atoms with E-state index in [1.54, 1.807) is 23.1 Å². The Bertz CT molecular complexity index is 813. The van der Waals surface area contributed by atoms with E-state index >= 15 is 0 Å². The van der Waals surface area contributed by atoms with Gasteiger partial charge in [-0.3, -0.25) is 14.6 Å². The second-order valence-corrected chi connectivity index (χ2v) is 6.50. The van der Waals surface area contributed by atoms with Crippen LogP contribution in [0.25, 0.3) is 11.1 Å². The molecule has 1 N–H and O–H groups in total. The molecule has 1 fully saturated rings. The third-order valence-electron chi connectivity index (χ3n) is 4.17. The van der Waals surface area contributed by atoms with E-state index < -0.39 is 5.76 Å². The van der Waals surface area contributed by atoms with Gasteiger partial charge in [0.1, 0.15) is 0 Å². The first kappa shape index (κ1) is 16.3. The second kappa shape index (κ2) is 6.51. The normalized spacial score (nSPS) is 15.3. The van der Waals surface area contributed by atoms with Gasteiger partial charge in [0, 0.05) is 38.2 Å². The number of aromatic nitrogens is 1. The molecule has 1 aromatic heterocycles. The van der Waals surface area contributed by atoms with Gasteiger partial charge in [0.25, 0.3) is 5.91 Å². The summed E-state index contributed by atoms with van der Waals surface area (Å²) in [6.45, 7) is 6.17. The number of hydrogen-bond acceptors (Lipinski definition) is 4. The predicted molar refractivity (Wildman–Crippen MR) is 88.8 cm³/mol. The topological polar surface area (TPSA) is 86.6 Å². The molecule has 128 valence electrons. The SMILES string of the molecule is CC(C)CC(=O)N1CCN(C(=O)c2ccc3[nH]c(=O)oc3c2)CC1. The summed E-state index contributed by atoms with van der Waals surface area (Å²) in [4.78, 5) is 42.0. The van der Waals surface area contributed by atoms with Gasteiger partial charge in [0.05, 0.1) is 5.52 Å². The van der Waals surface area contributed by atoms with Crippen LogP contribution >= 0.6 is 0 Å². The third kappa shape index (κ3) is 3.34. The molecular weight excluding hydrogens is 310 g/mol. The maximum atomic E-state index is 12.6.